The molecule has 0 saturated carbocycles. The first kappa shape index (κ1) is 35.2. The Bertz CT molecular complexity index is 1820. The third kappa shape index (κ3) is 7.84. The minimum Gasteiger partial charge on any atom is -0.512 e. The minimum absolute atomic E-state index is 0. The first-order chi connectivity index (χ1) is 20.1. The van der Waals surface area contributed by atoms with Gasteiger partial charge in [0.2, 0.25) is 0 Å². The predicted molar refractivity (Wildman–Crippen MR) is 184 cm³/mol. The van der Waals surface area contributed by atoms with Crippen LogP contribution in [0.4, 0.5) is 0 Å². The van der Waals surface area contributed by atoms with Crippen LogP contribution in [-0.4, -0.2) is 15.9 Å². The fourth-order valence-corrected chi connectivity index (χ4v) is 5.01. The third-order valence-electron chi connectivity index (χ3n) is 7.89. The van der Waals surface area contributed by atoms with Gasteiger partial charge in [-0.25, -0.2) is 0 Å². The maximum Gasteiger partial charge on any atom is 0.164 e. The molecule has 0 spiro atoms. The molecule has 0 unspecified atom stereocenters. The van der Waals surface area contributed by atoms with Gasteiger partial charge in [-0.15, -0.1) is 29.1 Å². The fourth-order valence-electron chi connectivity index (χ4n) is 5.01. The van der Waals surface area contributed by atoms with Gasteiger partial charge in [0.1, 0.15) is 5.76 Å². The van der Waals surface area contributed by atoms with Crippen molar-refractivity contribution in [2.75, 3.05) is 0 Å². The van der Waals surface area contributed by atoms with Crippen LogP contribution in [0.25, 0.3) is 43.6 Å². The second kappa shape index (κ2) is 13.8. The molecule has 233 valence electrons. The molecule has 0 bridgehead atoms. The molecule has 4 heteroatoms. The van der Waals surface area contributed by atoms with Crippen molar-refractivity contribution in [3.63, 3.8) is 0 Å². The Kier molecular flexibility index (Phi) is 11.0. The van der Waals surface area contributed by atoms with Crippen molar-refractivity contribution in [1.82, 2.24) is 4.98 Å². The molecule has 1 radical (unpaired) electrons. The van der Waals surface area contributed by atoms with E-state index in [1.165, 1.54) is 44.1 Å². The summed E-state index contributed by atoms with van der Waals surface area (Å²) >= 11 is 0. The zero-order valence-electron chi connectivity index (χ0n) is 27.8. The van der Waals surface area contributed by atoms with E-state index in [2.05, 4.69) is 100 Å². The number of nitrogens with zero attached hydrogens (tertiary/aromatic N) is 1. The van der Waals surface area contributed by atoms with E-state index < -0.39 is 5.41 Å². The summed E-state index contributed by atoms with van der Waals surface area (Å²) in [6.45, 7) is 20.1. The molecule has 0 aliphatic heterocycles. The predicted octanol–water partition coefficient (Wildman–Crippen LogP) is 11.3. The monoisotopic (exact) mass is 765 g/mol. The van der Waals surface area contributed by atoms with E-state index in [-0.39, 0.29) is 37.1 Å². The number of aliphatic hydroxyl groups is 1. The molecule has 1 heterocycles. The normalized spacial score (nSPS) is 12.4. The van der Waals surface area contributed by atoms with Crippen molar-refractivity contribution in [1.29, 1.82) is 0 Å². The summed E-state index contributed by atoms with van der Waals surface area (Å²) in [6.07, 6.45) is 3.26. The van der Waals surface area contributed by atoms with Gasteiger partial charge < -0.3 is 5.11 Å². The average Bonchev–Trinajstić information content (AvgIpc) is 2.95. The van der Waals surface area contributed by atoms with Crippen LogP contribution < -0.4 is 0 Å². The second-order valence-corrected chi connectivity index (χ2v) is 14.2. The standard InChI is InChI=1S/C29H26N.C11H20O2.Ir/c1-18(2)21-11-12-26-22(15-21)13-14-30-29(26)24-16-23-10-9-20-7-5-6-8-25(20)28(23)27(17-24)19(3)4;1-10(2,3)8(12)7-9(13)11(4,5)6;/h5-15,17-19H,1-4H3;7,12H,1-6H3;/q-1;;/b;8-7-;. The van der Waals surface area contributed by atoms with Gasteiger partial charge in [-0.05, 0) is 45.0 Å². The number of rotatable bonds is 4. The van der Waals surface area contributed by atoms with Crippen LogP contribution in [0.3, 0.4) is 0 Å². The van der Waals surface area contributed by atoms with Gasteiger partial charge in [0, 0.05) is 48.9 Å². The molecule has 1 aromatic heterocycles. The Hall–Kier alpha value is -3.33. The largest absolute Gasteiger partial charge is 0.512 e. The number of carbonyl (C=O) groups excluding carboxylic acids is 1. The van der Waals surface area contributed by atoms with Crippen LogP contribution in [0.2, 0.25) is 0 Å². The van der Waals surface area contributed by atoms with Crippen molar-refractivity contribution in [2.24, 2.45) is 10.8 Å². The van der Waals surface area contributed by atoms with Gasteiger partial charge in [0.05, 0.1) is 0 Å². The van der Waals surface area contributed by atoms with Gasteiger partial charge in [-0.1, -0.05) is 129 Å². The van der Waals surface area contributed by atoms with Crippen LogP contribution >= 0.6 is 0 Å². The van der Waals surface area contributed by atoms with Crippen molar-refractivity contribution < 1.29 is 30.0 Å². The molecule has 0 fully saturated rings. The van der Waals surface area contributed by atoms with Gasteiger partial charge in [-0.3, -0.25) is 9.78 Å². The van der Waals surface area contributed by atoms with Crippen molar-refractivity contribution in [3.05, 3.63) is 102 Å². The smallest absolute Gasteiger partial charge is 0.164 e. The number of ketones is 1. The van der Waals surface area contributed by atoms with E-state index in [4.69, 9.17) is 4.98 Å². The number of aromatic nitrogens is 1. The maximum absolute atomic E-state index is 11.5. The van der Waals surface area contributed by atoms with E-state index in [0.717, 1.165) is 16.6 Å². The molecule has 0 aliphatic rings. The quantitative estimate of drug-likeness (QED) is 0.0858. The summed E-state index contributed by atoms with van der Waals surface area (Å²) in [7, 11) is 0. The summed E-state index contributed by atoms with van der Waals surface area (Å²) in [5.41, 5.74) is 4.04. The zero-order valence-corrected chi connectivity index (χ0v) is 30.2. The van der Waals surface area contributed by atoms with Crippen LogP contribution in [0, 0.1) is 16.9 Å². The molecule has 0 atom stereocenters. The summed E-state index contributed by atoms with van der Waals surface area (Å²) in [6, 6.07) is 27.9. The Labute approximate surface area is 277 Å². The summed E-state index contributed by atoms with van der Waals surface area (Å²) in [4.78, 5) is 16.3. The van der Waals surface area contributed by atoms with E-state index in [1.54, 1.807) is 0 Å². The minimum atomic E-state index is -0.417. The van der Waals surface area contributed by atoms with Gasteiger partial charge in [0.25, 0.3) is 0 Å². The summed E-state index contributed by atoms with van der Waals surface area (Å²) in [5, 5.41) is 17.0. The van der Waals surface area contributed by atoms with E-state index in [9.17, 15) is 9.90 Å². The molecule has 0 saturated heterocycles. The van der Waals surface area contributed by atoms with Gasteiger partial charge in [0.15, 0.2) is 5.78 Å². The molecule has 3 nitrogen and oxygen atoms in total. The molecular weight excluding hydrogens is 719 g/mol. The number of pyridine rings is 1. The van der Waals surface area contributed by atoms with Crippen LogP contribution in [0.5, 0.6) is 0 Å². The van der Waals surface area contributed by atoms with E-state index in [1.807, 2.05) is 47.7 Å². The average molecular weight is 765 g/mol. The van der Waals surface area contributed by atoms with Crippen molar-refractivity contribution in [3.8, 4) is 11.3 Å². The van der Waals surface area contributed by atoms with E-state index in [0.29, 0.717) is 11.8 Å². The van der Waals surface area contributed by atoms with Crippen molar-refractivity contribution in [2.45, 2.75) is 81.1 Å². The van der Waals surface area contributed by atoms with Gasteiger partial charge >= 0.3 is 0 Å². The molecule has 5 aromatic rings. The molecule has 0 amide bonds. The zero-order chi connectivity index (χ0) is 31.7. The number of aliphatic hydroxyl groups excluding tert-OH is 1. The molecule has 1 N–H and O–H groups in total. The fraction of sp³-hybridized carbons (Fsp3) is 0.350. The molecule has 44 heavy (non-hydrogen) atoms. The molecule has 4 aromatic carbocycles. The first-order valence-corrected chi connectivity index (χ1v) is 15.3. The number of hydrogen-bond acceptors (Lipinski definition) is 3. The summed E-state index contributed by atoms with van der Waals surface area (Å²) in [5.74, 6) is 1.03. The Morgan fingerprint density at radius 3 is 2.09 bits per heavy atom. The number of fused-ring (bicyclic) bond motifs is 4. The first-order valence-electron chi connectivity index (χ1n) is 15.3. The Morgan fingerprint density at radius 2 is 1.48 bits per heavy atom. The SMILES string of the molecule is CC(C)(C)C(=O)/C=C(\O)C(C)(C)C.CC(C)c1ccc2c(-c3[c-]c4ccc5ccccc5c4c(C(C)C)c3)nccc2c1.[Ir]. The van der Waals surface area contributed by atoms with Crippen LogP contribution in [-0.2, 0) is 24.9 Å². The van der Waals surface area contributed by atoms with Crippen LogP contribution in [0.1, 0.15) is 92.2 Å². The number of allylic oxidation sites excluding steroid dienone is 2. The van der Waals surface area contributed by atoms with E-state index >= 15 is 0 Å². The Balaban J connectivity index is 0.000000324. The van der Waals surface area contributed by atoms with Gasteiger partial charge in [-0.2, -0.15) is 0 Å². The Morgan fingerprint density at radius 1 is 0.795 bits per heavy atom. The van der Waals surface area contributed by atoms with Crippen molar-refractivity contribution >= 4 is 38.1 Å². The second-order valence-electron chi connectivity index (χ2n) is 14.2. The molecule has 5 rings (SSSR count). The topological polar surface area (TPSA) is 50.2 Å². The van der Waals surface area contributed by atoms with Crippen LogP contribution in [0.15, 0.2) is 84.8 Å². The number of carbonyl (C=O) groups is 1. The summed E-state index contributed by atoms with van der Waals surface area (Å²) < 4.78 is 0. The third-order valence-corrected chi connectivity index (χ3v) is 7.89. The number of hydrogen-bond donors (Lipinski definition) is 1. The molecular formula is C40H46IrNO2-. The number of benzene rings is 4. The molecule has 0 aliphatic carbocycles. The maximum atomic E-state index is 11.5.